The highest BCUT2D eigenvalue weighted by atomic mass is 32.2. The lowest BCUT2D eigenvalue weighted by Gasteiger charge is -2.10. The number of thioether (sulfide) groups is 1. The van der Waals surface area contributed by atoms with E-state index in [9.17, 15) is 4.79 Å². The minimum Gasteiger partial charge on any atom is -0.295 e. The number of thiazole rings is 1. The predicted octanol–water partition coefficient (Wildman–Crippen LogP) is 4.42. The highest BCUT2D eigenvalue weighted by Crippen LogP contribution is 2.29. The Bertz CT molecular complexity index is 1220. The molecule has 0 fully saturated rings. The molecule has 7 heteroatoms. The van der Waals surface area contributed by atoms with E-state index in [0.717, 1.165) is 40.8 Å². The van der Waals surface area contributed by atoms with Crippen molar-refractivity contribution in [2.75, 3.05) is 0 Å². The average Bonchev–Trinajstić information content (AvgIpc) is 3.31. The minimum atomic E-state index is 0.0437. The molecule has 0 aliphatic heterocycles. The van der Waals surface area contributed by atoms with E-state index < -0.39 is 0 Å². The highest BCUT2D eigenvalue weighted by Gasteiger charge is 2.18. The van der Waals surface area contributed by atoms with Gasteiger partial charge in [0.1, 0.15) is 0 Å². The molecular formula is C21H20N4OS2. The summed E-state index contributed by atoms with van der Waals surface area (Å²) in [5.41, 5.74) is 4.36. The van der Waals surface area contributed by atoms with E-state index in [4.69, 9.17) is 4.98 Å². The van der Waals surface area contributed by atoms with Gasteiger partial charge in [0.15, 0.2) is 10.1 Å². The molecule has 3 heterocycles. The maximum absolute atomic E-state index is 12.7. The van der Waals surface area contributed by atoms with Gasteiger partial charge in [0, 0.05) is 34.8 Å². The van der Waals surface area contributed by atoms with Gasteiger partial charge in [-0.1, -0.05) is 30.0 Å². The molecule has 0 unspecified atom stereocenters. The van der Waals surface area contributed by atoms with Crippen LogP contribution in [0.25, 0.3) is 10.6 Å². The lowest BCUT2D eigenvalue weighted by Crippen LogP contribution is -2.17. The van der Waals surface area contributed by atoms with Gasteiger partial charge in [-0.3, -0.25) is 13.8 Å². The summed E-state index contributed by atoms with van der Waals surface area (Å²) in [6.07, 6.45) is 8.21. The van der Waals surface area contributed by atoms with Crippen LogP contribution in [0.15, 0.2) is 52.7 Å². The Hall–Kier alpha value is -2.38. The number of hydrogen-bond acceptors (Lipinski definition) is 5. The molecule has 142 valence electrons. The first-order chi connectivity index (χ1) is 13.7. The van der Waals surface area contributed by atoms with Crippen LogP contribution in [0.3, 0.4) is 0 Å². The van der Waals surface area contributed by atoms with Gasteiger partial charge in [-0.05, 0) is 44.2 Å². The Kier molecular flexibility index (Phi) is 4.56. The van der Waals surface area contributed by atoms with Gasteiger partial charge in [0.2, 0.25) is 0 Å². The van der Waals surface area contributed by atoms with Crippen LogP contribution in [-0.2, 0) is 18.6 Å². The van der Waals surface area contributed by atoms with Gasteiger partial charge >= 0.3 is 0 Å². The topological polar surface area (TPSA) is 52.2 Å². The summed E-state index contributed by atoms with van der Waals surface area (Å²) >= 11 is 3.28. The van der Waals surface area contributed by atoms with Crippen LogP contribution < -0.4 is 5.56 Å². The quantitative estimate of drug-likeness (QED) is 0.469. The number of aryl methyl sites for hydroxylation is 3. The van der Waals surface area contributed by atoms with Crippen molar-refractivity contribution in [3.05, 3.63) is 74.9 Å². The van der Waals surface area contributed by atoms with Crippen LogP contribution in [-0.4, -0.2) is 18.9 Å². The molecular weight excluding hydrogens is 388 g/mol. The van der Waals surface area contributed by atoms with Gasteiger partial charge in [-0.25, -0.2) is 9.97 Å². The number of aromatic nitrogens is 4. The Morgan fingerprint density at radius 3 is 2.96 bits per heavy atom. The lowest BCUT2D eigenvalue weighted by atomic mass is 10.0. The largest absolute Gasteiger partial charge is 0.295 e. The number of hydrogen-bond donors (Lipinski definition) is 0. The Balaban J connectivity index is 1.44. The van der Waals surface area contributed by atoms with Crippen LogP contribution in [0, 0.1) is 6.92 Å². The van der Waals surface area contributed by atoms with Crippen LogP contribution in [0.5, 0.6) is 0 Å². The Labute approximate surface area is 171 Å². The molecule has 4 aromatic rings. The molecule has 0 spiro atoms. The molecule has 0 saturated carbocycles. The van der Waals surface area contributed by atoms with Crippen molar-refractivity contribution in [2.45, 2.75) is 43.5 Å². The highest BCUT2D eigenvalue weighted by molar-refractivity contribution is 7.98. The summed E-state index contributed by atoms with van der Waals surface area (Å²) in [6, 6.07) is 9.94. The molecule has 0 saturated heterocycles. The van der Waals surface area contributed by atoms with Crippen molar-refractivity contribution in [2.24, 2.45) is 0 Å². The summed E-state index contributed by atoms with van der Waals surface area (Å²) in [7, 11) is 0. The molecule has 0 radical (unpaired) electrons. The molecule has 0 atom stereocenters. The van der Waals surface area contributed by atoms with Gasteiger partial charge in [-0.2, -0.15) is 0 Å². The van der Waals surface area contributed by atoms with Gasteiger partial charge < -0.3 is 0 Å². The van der Waals surface area contributed by atoms with E-state index in [1.54, 1.807) is 29.2 Å². The second kappa shape index (κ2) is 7.22. The normalized spacial score (nSPS) is 13.8. The summed E-state index contributed by atoms with van der Waals surface area (Å²) < 4.78 is 3.91. The van der Waals surface area contributed by atoms with Gasteiger partial charge in [0.25, 0.3) is 5.56 Å². The first kappa shape index (κ1) is 17.7. The number of imidazole rings is 1. The van der Waals surface area contributed by atoms with E-state index in [1.165, 1.54) is 22.6 Å². The van der Waals surface area contributed by atoms with E-state index in [2.05, 4.69) is 28.6 Å². The van der Waals surface area contributed by atoms with Crippen molar-refractivity contribution in [3.63, 3.8) is 0 Å². The van der Waals surface area contributed by atoms with Crippen LogP contribution in [0.4, 0.5) is 0 Å². The standard InChI is InChI=1S/C21H20N4OS2/c1-14-6-2-3-7-16(14)24-11-10-22-20(24)27-13-15-12-19(26)25-17-8-4-5-9-18(17)28-21(25)23-15/h2-3,6-7,10-12H,4-5,8-9,13H2,1H3. The first-order valence-corrected chi connectivity index (χ1v) is 11.3. The molecule has 5 rings (SSSR count). The molecule has 5 nitrogen and oxygen atoms in total. The number of rotatable bonds is 4. The fourth-order valence-corrected chi connectivity index (χ4v) is 5.86. The molecule has 0 amide bonds. The van der Waals surface area contributed by atoms with E-state index in [-0.39, 0.29) is 5.56 Å². The van der Waals surface area contributed by atoms with Crippen molar-refractivity contribution >= 4 is 28.1 Å². The lowest BCUT2D eigenvalue weighted by molar-refractivity contribution is 0.670. The summed E-state index contributed by atoms with van der Waals surface area (Å²) in [4.78, 5) is 24.2. The zero-order chi connectivity index (χ0) is 19.1. The smallest absolute Gasteiger partial charge is 0.259 e. The SMILES string of the molecule is Cc1ccccc1-n1ccnc1SCc1cc(=O)n2c3c(sc2n1)CCCC3. The number of para-hydroxylation sites is 1. The maximum Gasteiger partial charge on any atom is 0.259 e. The number of fused-ring (bicyclic) bond motifs is 3. The first-order valence-electron chi connectivity index (χ1n) is 9.46. The maximum atomic E-state index is 12.7. The van der Waals surface area contributed by atoms with Crippen molar-refractivity contribution in [1.82, 2.24) is 18.9 Å². The predicted molar refractivity (Wildman–Crippen MR) is 114 cm³/mol. The van der Waals surface area contributed by atoms with Crippen LogP contribution in [0.1, 0.15) is 34.7 Å². The third-order valence-corrected chi connectivity index (χ3v) is 7.29. The number of nitrogens with zero attached hydrogens (tertiary/aromatic N) is 4. The monoisotopic (exact) mass is 408 g/mol. The van der Waals surface area contributed by atoms with Crippen molar-refractivity contribution < 1.29 is 0 Å². The zero-order valence-corrected chi connectivity index (χ0v) is 17.2. The van der Waals surface area contributed by atoms with E-state index >= 15 is 0 Å². The van der Waals surface area contributed by atoms with Crippen molar-refractivity contribution in [3.8, 4) is 5.69 Å². The summed E-state index contributed by atoms with van der Waals surface area (Å²) in [5.74, 6) is 0.622. The molecule has 0 bridgehead atoms. The van der Waals surface area contributed by atoms with Gasteiger partial charge in [0.05, 0.1) is 11.4 Å². The fraction of sp³-hybridized carbons (Fsp3) is 0.286. The molecule has 3 aromatic heterocycles. The average molecular weight is 409 g/mol. The van der Waals surface area contributed by atoms with Gasteiger partial charge in [-0.15, -0.1) is 11.3 Å². The Morgan fingerprint density at radius 2 is 2.07 bits per heavy atom. The van der Waals surface area contributed by atoms with Crippen molar-refractivity contribution in [1.29, 1.82) is 0 Å². The molecule has 28 heavy (non-hydrogen) atoms. The third-order valence-electron chi connectivity index (χ3n) is 5.15. The molecule has 1 aliphatic rings. The number of benzene rings is 1. The summed E-state index contributed by atoms with van der Waals surface area (Å²) in [5, 5.41) is 0.904. The van der Waals surface area contributed by atoms with Crippen LogP contribution in [0.2, 0.25) is 0 Å². The summed E-state index contributed by atoms with van der Waals surface area (Å²) in [6.45, 7) is 2.10. The zero-order valence-electron chi connectivity index (χ0n) is 15.6. The Morgan fingerprint density at radius 1 is 1.21 bits per heavy atom. The molecule has 1 aliphatic carbocycles. The van der Waals surface area contributed by atoms with E-state index in [0.29, 0.717) is 5.75 Å². The molecule has 1 aromatic carbocycles. The van der Waals surface area contributed by atoms with Crippen LogP contribution >= 0.6 is 23.1 Å². The second-order valence-corrected chi connectivity index (χ2v) is 9.04. The second-order valence-electron chi connectivity index (χ2n) is 7.04. The van der Waals surface area contributed by atoms with E-state index in [1.807, 2.05) is 28.9 Å². The molecule has 0 N–H and O–H groups in total. The fourth-order valence-electron chi connectivity index (χ4n) is 3.77. The third kappa shape index (κ3) is 3.08. The minimum absolute atomic E-state index is 0.0437.